The monoisotopic (exact) mass is 290 g/mol. The molecule has 0 saturated carbocycles. The first kappa shape index (κ1) is 14.4. The highest BCUT2D eigenvalue weighted by atomic mass is 35.5. The first-order chi connectivity index (χ1) is 9.69. The van der Waals surface area contributed by atoms with Crippen molar-refractivity contribution in [2.45, 2.75) is 6.54 Å². The molecular weight excluding hydrogens is 276 g/mol. The van der Waals surface area contributed by atoms with Crippen molar-refractivity contribution >= 4 is 23.2 Å². The van der Waals surface area contributed by atoms with Gasteiger partial charge in [-0.2, -0.15) is 0 Å². The first-order valence-electron chi connectivity index (χ1n) is 6.15. The van der Waals surface area contributed by atoms with E-state index in [2.05, 4.69) is 5.32 Å². The number of benzene rings is 2. The summed E-state index contributed by atoms with van der Waals surface area (Å²) in [6.45, 7) is 0.311. The van der Waals surface area contributed by atoms with Crippen molar-refractivity contribution in [1.82, 2.24) is 0 Å². The van der Waals surface area contributed by atoms with Gasteiger partial charge in [0.15, 0.2) is 6.61 Å². The lowest BCUT2D eigenvalue weighted by atomic mass is 10.2. The van der Waals surface area contributed by atoms with Crippen LogP contribution in [0.1, 0.15) is 5.56 Å². The lowest BCUT2D eigenvalue weighted by Gasteiger charge is -2.09. The van der Waals surface area contributed by atoms with Gasteiger partial charge in [-0.3, -0.25) is 4.79 Å². The Morgan fingerprint density at radius 2 is 1.95 bits per heavy atom. The predicted molar refractivity (Wildman–Crippen MR) is 79.9 cm³/mol. The Hall–Kier alpha value is -2.04. The Balaban J connectivity index is 1.90. The van der Waals surface area contributed by atoms with Crippen molar-refractivity contribution < 1.29 is 9.53 Å². The smallest absolute Gasteiger partial charge is 0.262 e. The number of carbonyl (C=O) groups is 1. The van der Waals surface area contributed by atoms with E-state index in [1.165, 1.54) is 0 Å². The molecule has 0 heterocycles. The van der Waals surface area contributed by atoms with Gasteiger partial charge in [0.05, 0.1) is 5.02 Å². The first-order valence-corrected chi connectivity index (χ1v) is 6.53. The Kier molecular flexibility index (Phi) is 4.98. The van der Waals surface area contributed by atoms with Crippen LogP contribution in [0.3, 0.4) is 0 Å². The van der Waals surface area contributed by atoms with E-state index in [0.29, 0.717) is 17.3 Å². The minimum Gasteiger partial charge on any atom is -0.482 e. The average Bonchev–Trinajstić information content (AvgIpc) is 2.47. The number of rotatable bonds is 5. The SMILES string of the molecule is NCc1ccc(OCC(=O)Nc2ccccc2)c(Cl)c1. The van der Waals surface area contributed by atoms with Crippen LogP contribution in [0.15, 0.2) is 48.5 Å². The average molecular weight is 291 g/mol. The van der Waals surface area contributed by atoms with E-state index in [4.69, 9.17) is 22.1 Å². The number of anilines is 1. The van der Waals surface area contributed by atoms with Gasteiger partial charge in [-0.1, -0.05) is 35.9 Å². The number of hydrogen-bond acceptors (Lipinski definition) is 3. The summed E-state index contributed by atoms with van der Waals surface area (Å²) in [7, 11) is 0. The summed E-state index contributed by atoms with van der Waals surface area (Å²) in [5.74, 6) is 0.224. The van der Waals surface area contributed by atoms with Crippen LogP contribution in [0.5, 0.6) is 5.75 Å². The molecule has 1 amide bonds. The number of hydrogen-bond donors (Lipinski definition) is 2. The fourth-order valence-corrected chi connectivity index (χ4v) is 1.91. The highest BCUT2D eigenvalue weighted by Crippen LogP contribution is 2.25. The zero-order valence-electron chi connectivity index (χ0n) is 10.8. The molecule has 3 N–H and O–H groups in total. The molecule has 0 saturated heterocycles. The lowest BCUT2D eigenvalue weighted by Crippen LogP contribution is -2.20. The van der Waals surface area contributed by atoms with Crippen LogP contribution < -0.4 is 15.8 Å². The van der Waals surface area contributed by atoms with Crippen molar-refractivity contribution in [3.63, 3.8) is 0 Å². The van der Waals surface area contributed by atoms with Crippen LogP contribution in [0.2, 0.25) is 5.02 Å². The van der Waals surface area contributed by atoms with E-state index < -0.39 is 0 Å². The molecule has 0 aliphatic heterocycles. The summed E-state index contributed by atoms with van der Waals surface area (Å²) in [4.78, 5) is 11.7. The van der Waals surface area contributed by atoms with Gasteiger partial charge in [-0.15, -0.1) is 0 Å². The molecule has 2 rings (SSSR count). The predicted octanol–water partition coefficient (Wildman–Crippen LogP) is 2.82. The molecule has 0 spiro atoms. The summed E-state index contributed by atoms with van der Waals surface area (Å²) >= 11 is 6.04. The molecule has 2 aromatic rings. The van der Waals surface area contributed by atoms with E-state index in [1.807, 2.05) is 24.3 Å². The molecule has 0 aliphatic carbocycles. The van der Waals surface area contributed by atoms with Crippen LogP contribution in [-0.4, -0.2) is 12.5 Å². The molecule has 0 aromatic heterocycles. The molecule has 0 fully saturated rings. The van der Waals surface area contributed by atoms with E-state index >= 15 is 0 Å². The third-order valence-corrected chi connectivity index (χ3v) is 2.94. The molecule has 4 nitrogen and oxygen atoms in total. The third-order valence-electron chi connectivity index (χ3n) is 2.65. The Morgan fingerprint density at radius 1 is 1.20 bits per heavy atom. The molecule has 0 unspecified atom stereocenters. The van der Waals surface area contributed by atoms with E-state index in [1.54, 1.807) is 24.3 Å². The highest BCUT2D eigenvalue weighted by molar-refractivity contribution is 6.32. The molecule has 0 atom stereocenters. The zero-order chi connectivity index (χ0) is 14.4. The molecule has 0 bridgehead atoms. The quantitative estimate of drug-likeness (QED) is 0.890. The highest BCUT2D eigenvalue weighted by Gasteiger charge is 2.06. The van der Waals surface area contributed by atoms with Crippen LogP contribution in [0.4, 0.5) is 5.69 Å². The summed E-state index contributed by atoms with van der Waals surface area (Å²) in [6.07, 6.45) is 0. The fourth-order valence-electron chi connectivity index (χ4n) is 1.65. The molecule has 5 heteroatoms. The number of para-hydroxylation sites is 1. The Labute approximate surface area is 122 Å². The largest absolute Gasteiger partial charge is 0.482 e. The molecule has 2 aromatic carbocycles. The van der Waals surface area contributed by atoms with Crippen molar-refractivity contribution in [1.29, 1.82) is 0 Å². The van der Waals surface area contributed by atoms with Crippen molar-refractivity contribution in [2.24, 2.45) is 5.73 Å². The summed E-state index contributed by atoms with van der Waals surface area (Å²) in [5.41, 5.74) is 7.15. The number of halogens is 1. The van der Waals surface area contributed by atoms with Gasteiger partial charge in [0.1, 0.15) is 5.75 Å². The standard InChI is InChI=1S/C15H15ClN2O2/c16-13-8-11(9-17)6-7-14(13)20-10-15(19)18-12-4-2-1-3-5-12/h1-8H,9-10,17H2,(H,18,19). The lowest BCUT2D eigenvalue weighted by molar-refractivity contribution is -0.118. The number of nitrogens with two attached hydrogens (primary N) is 1. The van der Waals surface area contributed by atoms with Crippen molar-refractivity contribution in [2.75, 3.05) is 11.9 Å². The zero-order valence-corrected chi connectivity index (χ0v) is 11.6. The summed E-state index contributed by atoms with van der Waals surface area (Å²) in [6, 6.07) is 14.4. The summed E-state index contributed by atoms with van der Waals surface area (Å²) in [5, 5.41) is 3.17. The normalized spacial score (nSPS) is 10.1. The van der Waals surface area contributed by atoms with Crippen molar-refractivity contribution in [3.05, 3.63) is 59.1 Å². The minimum absolute atomic E-state index is 0.101. The van der Waals surface area contributed by atoms with E-state index in [0.717, 1.165) is 11.3 Å². The van der Waals surface area contributed by atoms with Gasteiger partial charge in [-0.25, -0.2) is 0 Å². The molecular formula is C15H15ClN2O2. The second-order valence-corrected chi connectivity index (χ2v) is 4.58. The van der Waals surface area contributed by atoms with Gasteiger partial charge in [0, 0.05) is 12.2 Å². The minimum atomic E-state index is -0.241. The number of carbonyl (C=O) groups excluding carboxylic acids is 1. The van der Waals surface area contributed by atoms with E-state index in [-0.39, 0.29) is 12.5 Å². The van der Waals surface area contributed by atoms with E-state index in [9.17, 15) is 4.79 Å². The second-order valence-electron chi connectivity index (χ2n) is 4.17. The molecule has 20 heavy (non-hydrogen) atoms. The number of ether oxygens (including phenoxy) is 1. The fraction of sp³-hybridized carbons (Fsp3) is 0.133. The van der Waals surface area contributed by atoms with Crippen LogP contribution >= 0.6 is 11.6 Å². The molecule has 0 aliphatic rings. The Morgan fingerprint density at radius 3 is 2.60 bits per heavy atom. The maximum absolute atomic E-state index is 11.7. The van der Waals surface area contributed by atoms with Gasteiger partial charge < -0.3 is 15.8 Å². The summed E-state index contributed by atoms with van der Waals surface area (Å²) < 4.78 is 5.39. The number of amides is 1. The maximum Gasteiger partial charge on any atom is 0.262 e. The van der Waals surface area contributed by atoms with Crippen LogP contribution in [0.25, 0.3) is 0 Å². The van der Waals surface area contributed by atoms with Gasteiger partial charge in [0.25, 0.3) is 5.91 Å². The molecule has 104 valence electrons. The number of nitrogens with one attached hydrogen (secondary N) is 1. The molecule has 0 radical (unpaired) electrons. The maximum atomic E-state index is 11.7. The topological polar surface area (TPSA) is 64.3 Å². The van der Waals surface area contributed by atoms with Crippen LogP contribution in [0, 0.1) is 0 Å². The van der Waals surface area contributed by atoms with Crippen molar-refractivity contribution in [3.8, 4) is 5.75 Å². The third kappa shape index (κ3) is 3.98. The van der Waals surface area contributed by atoms with Gasteiger partial charge >= 0.3 is 0 Å². The van der Waals surface area contributed by atoms with Gasteiger partial charge in [0.2, 0.25) is 0 Å². The second kappa shape index (κ2) is 6.93. The van der Waals surface area contributed by atoms with Crippen LogP contribution in [-0.2, 0) is 11.3 Å². The van der Waals surface area contributed by atoms with Gasteiger partial charge in [-0.05, 0) is 29.8 Å². The Bertz CT molecular complexity index is 588.